The standard InChI is InChI=1S/C11H19N5O2S/c1-15(4-5-17)10(18)8-9(13)14-11(19-8)16-3-2-7(12)6-16/h7,17H,2-6,12-13H2,1H3. The number of thiazole rings is 1. The van der Waals surface area contributed by atoms with Gasteiger partial charge in [-0.2, -0.15) is 0 Å². The predicted molar refractivity (Wildman–Crippen MR) is 75.4 cm³/mol. The van der Waals surface area contributed by atoms with Crippen molar-refractivity contribution in [2.75, 3.05) is 43.9 Å². The van der Waals surface area contributed by atoms with Crippen molar-refractivity contribution in [1.29, 1.82) is 0 Å². The molecule has 0 aromatic carbocycles. The van der Waals surface area contributed by atoms with E-state index in [1.165, 1.54) is 16.2 Å². The molecule has 1 amide bonds. The summed E-state index contributed by atoms with van der Waals surface area (Å²) in [7, 11) is 1.63. The van der Waals surface area contributed by atoms with Crippen LogP contribution in [0.1, 0.15) is 16.1 Å². The average molecular weight is 285 g/mol. The second-order valence-electron chi connectivity index (χ2n) is 4.66. The highest BCUT2D eigenvalue weighted by Gasteiger charge is 2.25. The molecule has 0 radical (unpaired) electrons. The first kappa shape index (κ1) is 14.0. The number of nitrogens with zero attached hydrogens (tertiary/aromatic N) is 3. The van der Waals surface area contributed by atoms with Crippen LogP contribution in [0.15, 0.2) is 0 Å². The Morgan fingerprint density at radius 2 is 2.42 bits per heavy atom. The van der Waals surface area contributed by atoms with Gasteiger partial charge in [-0.05, 0) is 6.42 Å². The molecule has 106 valence electrons. The van der Waals surface area contributed by atoms with E-state index in [4.69, 9.17) is 16.6 Å². The number of hydrogen-bond acceptors (Lipinski definition) is 7. The molecule has 1 aliphatic rings. The third-order valence-corrected chi connectivity index (χ3v) is 4.23. The van der Waals surface area contributed by atoms with E-state index in [9.17, 15) is 4.79 Å². The lowest BCUT2D eigenvalue weighted by atomic mass is 10.3. The van der Waals surface area contributed by atoms with Crippen molar-refractivity contribution in [3.05, 3.63) is 4.88 Å². The van der Waals surface area contributed by atoms with E-state index >= 15 is 0 Å². The smallest absolute Gasteiger partial charge is 0.267 e. The van der Waals surface area contributed by atoms with E-state index < -0.39 is 0 Å². The number of aliphatic hydroxyl groups excluding tert-OH is 1. The van der Waals surface area contributed by atoms with Gasteiger partial charge in [0.2, 0.25) is 0 Å². The monoisotopic (exact) mass is 285 g/mol. The maximum atomic E-state index is 12.1. The fourth-order valence-corrected chi connectivity index (χ4v) is 3.01. The molecule has 0 spiro atoms. The second kappa shape index (κ2) is 5.72. The Morgan fingerprint density at radius 1 is 1.68 bits per heavy atom. The minimum atomic E-state index is -0.209. The maximum absolute atomic E-state index is 12.1. The number of anilines is 2. The largest absolute Gasteiger partial charge is 0.395 e. The number of aliphatic hydroxyl groups is 1. The third-order valence-electron chi connectivity index (χ3n) is 3.11. The van der Waals surface area contributed by atoms with Gasteiger partial charge in [0.15, 0.2) is 5.13 Å². The summed E-state index contributed by atoms with van der Waals surface area (Å²) >= 11 is 1.28. The highest BCUT2D eigenvalue weighted by atomic mass is 32.1. The van der Waals surface area contributed by atoms with Gasteiger partial charge >= 0.3 is 0 Å². The molecule has 2 heterocycles. The van der Waals surface area contributed by atoms with Crippen LogP contribution in [0.4, 0.5) is 10.9 Å². The Balaban J connectivity index is 2.14. The van der Waals surface area contributed by atoms with Gasteiger partial charge in [0.25, 0.3) is 5.91 Å². The molecule has 1 saturated heterocycles. The number of rotatable bonds is 4. The molecule has 1 aromatic rings. The fraction of sp³-hybridized carbons (Fsp3) is 0.636. The average Bonchev–Trinajstić information content (AvgIpc) is 2.95. The van der Waals surface area contributed by atoms with Crippen molar-refractivity contribution in [2.24, 2.45) is 5.73 Å². The molecule has 1 aliphatic heterocycles. The van der Waals surface area contributed by atoms with Gasteiger partial charge in [-0.25, -0.2) is 4.98 Å². The van der Waals surface area contributed by atoms with E-state index in [0.717, 1.165) is 24.6 Å². The topological polar surface area (TPSA) is 109 Å². The van der Waals surface area contributed by atoms with Crippen LogP contribution in [-0.2, 0) is 0 Å². The van der Waals surface area contributed by atoms with Crippen LogP contribution in [0.2, 0.25) is 0 Å². The van der Waals surface area contributed by atoms with E-state index in [0.29, 0.717) is 4.88 Å². The zero-order valence-corrected chi connectivity index (χ0v) is 11.7. The molecule has 1 aromatic heterocycles. The van der Waals surface area contributed by atoms with Crippen LogP contribution in [0, 0.1) is 0 Å². The van der Waals surface area contributed by atoms with E-state index in [-0.39, 0.29) is 30.9 Å². The number of nitrogens with two attached hydrogens (primary N) is 2. The lowest BCUT2D eigenvalue weighted by Crippen LogP contribution is -2.29. The van der Waals surface area contributed by atoms with Crippen molar-refractivity contribution in [3.63, 3.8) is 0 Å². The molecular weight excluding hydrogens is 266 g/mol. The first-order valence-electron chi connectivity index (χ1n) is 6.16. The third kappa shape index (κ3) is 2.96. The second-order valence-corrected chi connectivity index (χ2v) is 5.63. The van der Waals surface area contributed by atoms with Gasteiger partial charge in [-0.3, -0.25) is 4.79 Å². The number of aromatic nitrogens is 1. The number of amides is 1. The minimum Gasteiger partial charge on any atom is -0.395 e. The van der Waals surface area contributed by atoms with Crippen molar-refractivity contribution in [2.45, 2.75) is 12.5 Å². The molecule has 19 heavy (non-hydrogen) atoms. The Kier molecular flexibility index (Phi) is 4.23. The molecule has 1 unspecified atom stereocenters. The molecule has 8 heteroatoms. The maximum Gasteiger partial charge on any atom is 0.267 e. The summed E-state index contributed by atoms with van der Waals surface area (Å²) in [5.41, 5.74) is 11.7. The molecule has 0 bridgehead atoms. The summed E-state index contributed by atoms with van der Waals surface area (Å²) in [4.78, 5) is 20.3. The van der Waals surface area contributed by atoms with E-state index in [2.05, 4.69) is 9.88 Å². The number of carbonyl (C=O) groups excluding carboxylic acids is 1. The molecule has 5 N–H and O–H groups in total. The van der Waals surface area contributed by atoms with Gasteiger partial charge in [0, 0.05) is 32.7 Å². The first-order valence-corrected chi connectivity index (χ1v) is 6.97. The summed E-state index contributed by atoms with van der Waals surface area (Å²) < 4.78 is 0. The molecule has 1 fully saturated rings. The number of hydrogen-bond donors (Lipinski definition) is 3. The molecule has 0 aliphatic carbocycles. The van der Waals surface area contributed by atoms with Gasteiger partial charge in [0.05, 0.1) is 6.61 Å². The number of nitrogen functional groups attached to an aromatic ring is 1. The van der Waals surface area contributed by atoms with Crippen LogP contribution in [0.3, 0.4) is 0 Å². The molecule has 7 nitrogen and oxygen atoms in total. The van der Waals surface area contributed by atoms with Crippen LogP contribution >= 0.6 is 11.3 Å². The van der Waals surface area contributed by atoms with E-state index in [1.54, 1.807) is 7.05 Å². The molecule has 0 saturated carbocycles. The van der Waals surface area contributed by atoms with Crippen molar-refractivity contribution >= 4 is 28.2 Å². The highest BCUT2D eigenvalue weighted by Crippen LogP contribution is 2.30. The molecular formula is C11H19N5O2S. The Hall–Kier alpha value is -1.38. The zero-order valence-electron chi connectivity index (χ0n) is 10.9. The van der Waals surface area contributed by atoms with Crippen molar-refractivity contribution < 1.29 is 9.90 Å². The lowest BCUT2D eigenvalue weighted by molar-refractivity contribution is 0.0772. The van der Waals surface area contributed by atoms with Crippen LogP contribution < -0.4 is 16.4 Å². The van der Waals surface area contributed by atoms with Gasteiger partial charge in [-0.15, -0.1) is 0 Å². The summed E-state index contributed by atoms with van der Waals surface area (Å²) in [6.07, 6.45) is 0.924. The summed E-state index contributed by atoms with van der Waals surface area (Å²) in [5, 5.41) is 9.59. The van der Waals surface area contributed by atoms with Gasteiger partial charge < -0.3 is 26.4 Å². The lowest BCUT2D eigenvalue weighted by Gasteiger charge is -2.14. The predicted octanol–water partition coefficient (Wildman–Crippen LogP) is -0.673. The zero-order chi connectivity index (χ0) is 14.0. The van der Waals surface area contributed by atoms with E-state index in [1.807, 2.05) is 0 Å². The number of carbonyl (C=O) groups is 1. The normalized spacial score (nSPS) is 18.9. The number of likely N-dealkylation sites (N-methyl/N-ethyl adjacent to an activating group) is 1. The summed E-state index contributed by atoms with van der Waals surface area (Å²) in [6, 6.07) is 0.154. The minimum absolute atomic E-state index is 0.0746. The SMILES string of the molecule is CN(CCO)C(=O)c1sc(N2CCC(N)C2)nc1N. The first-order chi connectivity index (χ1) is 9.02. The van der Waals surface area contributed by atoms with Crippen molar-refractivity contribution in [1.82, 2.24) is 9.88 Å². The fourth-order valence-electron chi connectivity index (χ4n) is 1.99. The summed E-state index contributed by atoms with van der Waals surface area (Å²) in [6.45, 7) is 1.79. The van der Waals surface area contributed by atoms with Crippen LogP contribution in [0.5, 0.6) is 0 Å². The van der Waals surface area contributed by atoms with Gasteiger partial charge in [-0.1, -0.05) is 11.3 Å². The summed E-state index contributed by atoms with van der Waals surface area (Å²) in [5.74, 6) is 0.0362. The Bertz CT molecular complexity index is 464. The Labute approximate surface area is 115 Å². The highest BCUT2D eigenvalue weighted by molar-refractivity contribution is 7.18. The van der Waals surface area contributed by atoms with Crippen LogP contribution in [-0.4, -0.2) is 60.2 Å². The molecule has 2 rings (SSSR count). The van der Waals surface area contributed by atoms with Crippen LogP contribution in [0.25, 0.3) is 0 Å². The van der Waals surface area contributed by atoms with Gasteiger partial charge in [0.1, 0.15) is 10.7 Å². The quantitative estimate of drug-likeness (QED) is 0.677. The van der Waals surface area contributed by atoms with Crippen molar-refractivity contribution in [3.8, 4) is 0 Å². The Morgan fingerprint density at radius 3 is 3.00 bits per heavy atom. The molecule has 1 atom stereocenters.